The van der Waals surface area contributed by atoms with E-state index in [1.807, 2.05) is 0 Å². The van der Waals surface area contributed by atoms with Crippen LogP contribution >= 0.6 is 0 Å². The Morgan fingerprint density at radius 3 is 2.54 bits per heavy atom. The largest absolute Gasteiger partial charge is 0.484 e. The summed E-state index contributed by atoms with van der Waals surface area (Å²) in [5, 5.41) is 11.7. The molecule has 26 heavy (non-hydrogen) atoms. The van der Waals surface area contributed by atoms with Gasteiger partial charge in [-0.2, -0.15) is 4.31 Å². The van der Waals surface area contributed by atoms with Crippen LogP contribution in [0.5, 0.6) is 5.75 Å². The van der Waals surface area contributed by atoms with Gasteiger partial charge in [0.05, 0.1) is 12.3 Å². The molecule has 0 bridgehead atoms. The third-order valence-electron chi connectivity index (χ3n) is 4.24. The van der Waals surface area contributed by atoms with Gasteiger partial charge in [-0.05, 0) is 12.1 Å². The molecule has 3 rings (SSSR count). The summed E-state index contributed by atoms with van der Waals surface area (Å²) in [6.45, 7) is -0.509. The van der Waals surface area contributed by atoms with Gasteiger partial charge in [0.25, 0.3) is 5.91 Å². The fourth-order valence-corrected chi connectivity index (χ4v) is 4.06. The maximum absolute atomic E-state index is 12.2. The highest BCUT2D eigenvalue weighted by Gasteiger charge is 2.61. The van der Waals surface area contributed by atoms with Crippen molar-refractivity contribution in [1.29, 1.82) is 0 Å². The molecule has 1 aromatic rings. The second-order valence-corrected chi connectivity index (χ2v) is 7.94. The molecule has 11 heteroatoms. The Hall–Kier alpha value is -2.66. The number of fused-ring (bicyclic) bond motifs is 1. The van der Waals surface area contributed by atoms with Gasteiger partial charge in [-0.15, -0.1) is 0 Å². The van der Waals surface area contributed by atoms with Crippen molar-refractivity contribution in [1.82, 2.24) is 14.5 Å². The lowest BCUT2D eigenvalue weighted by molar-refractivity contribution is -0.163. The number of amides is 2. The zero-order valence-corrected chi connectivity index (χ0v) is 14.5. The number of nitrogens with zero attached hydrogens (tertiary/aromatic N) is 2. The lowest BCUT2D eigenvalue weighted by Crippen LogP contribution is -2.71. The maximum atomic E-state index is 12.2. The molecule has 2 aliphatic rings. The molecule has 2 saturated heterocycles. The highest BCUT2D eigenvalue weighted by molar-refractivity contribution is 7.88. The number of rotatable bonds is 6. The van der Waals surface area contributed by atoms with Gasteiger partial charge in [-0.3, -0.25) is 9.59 Å². The number of benzene rings is 1. The van der Waals surface area contributed by atoms with E-state index >= 15 is 0 Å². The number of nitrogens with one attached hydrogen (secondary N) is 1. The molecule has 2 heterocycles. The van der Waals surface area contributed by atoms with E-state index in [9.17, 15) is 27.9 Å². The first-order valence-corrected chi connectivity index (χ1v) is 9.54. The number of carbonyl (C=O) groups is 3. The Labute approximate surface area is 149 Å². The number of β-lactam (4-membered cyclic amide) rings is 1. The minimum absolute atomic E-state index is 0.188. The van der Waals surface area contributed by atoms with E-state index in [2.05, 4.69) is 5.32 Å². The van der Waals surface area contributed by atoms with Crippen molar-refractivity contribution in [2.45, 2.75) is 18.2 Å². The quantitative estimate of drug-likeness (QED) is 0.568. The average Bonchev–Trinajstić information content (AvgIpc) is 2.95. The van der Waals surface area contributed by atoms with Crippen LogP contribution in [-0.4, -0.2) is 78.2 Å². The summed E-state index contributed by atoms with van der Waals surface area (Å²) in [5.74, 6) is -2.15. The average molecular weight is 383 g/mol. The number of carboxylic acid groups (broad SMARTS) is 1. The van der Waals surface area contributed by atoms with Gasteiger partial charge >= 0.3 is 5.97 Å². The summed E-state index contributed by atoms with van der Waals surface area (Å²) in [6, 6.07) is 6.91. The van der Waals surface area contributed by atoms with Gasteiger partial charge in [0.2, 0.25) is 15.9 Å². The molecule has 0 spiro atoms. The molecule has 140 valence electrons. The summed E-state index contributed by atoms with van der Waals surface area (Å²) in [4.78, 5) is 36.6. The molecular formula is C15H17N3O7S. The summed E-state index contributed by atoms with van der Waals surface area (Å²) in [6.07, 6.45) is -0.711. The number of hydrogen-bond acceptors (Lipinski definition) is 6. The molecule has 0 aromatic heterocycles. The van der Waals surface area contributed by atoms with E-state index in [0.717, 1.165) is 15.5 Å². The second kappa shape index (κ2) is 6.57. The number of carbonyl (C=O) groups excluding carboxylic acids is 2. The zero-order chi connectivity index (χ0) is 19.1. The van der Waals surface area contributed by atoms with Crippen LogP contribution in [0.3, 0.4) is 0 Å². The van der Waals surface area contributed by atoms with Gasteiger partial charge in [-0.1, -0.05) is 18.2 Å². The highest BCUT2D eigenvalue weighted by Crippen LogP contribution is 2.34. The Kier molecular flexibility index (Phi) is 4.59. The highest BCUT2D eigenvalue weighted by atomic mass is 32.2. The summed E-state index contributed by atoms with van der Waals surface area (Å²) in [7, 11) is -3.82. The van der Waals surface area contributed by atoms with Crippen LogP contribution in [0.25, 0.3) is 0 Å². The van der Waals surface area contributed by atoms with Gasteiger partial charge in [0, 0.05) is 6.54 Å². The lowest BCUT2D eigenvalue weighted by Gasteiger charge is -2.43. The first-order chi connectivity index (χ1) is 12.2. The van der Waals surface area contributed by atoms with Crippen LogP contribution in [-0.2, 0) is 24.4 Å². The molecular weight excluding hydrogens is 366 g/mol. The molecule has 3 atom stereocenters. The lowest BCUT2D eigenvalue weighted by atomic mass is 9.96. The van der Waals surface area contributed by atoms with E-state index in [1.54, 1.807) is 30.3 Å². The predicted molar refractivity (Wildman–Crippen MR) is 87.5 cm³/mol. The zero-order valence-electron chi connectivity index (χ0n) is 13.7. The molecule has 2 N–H and O–H groups in total. The number of carboxylic acids is 1. The van der Waals surface area contributed by atoms with Crippen molar-refractivity contribution < 1.29 is 32.6 Å². The number of para-hydroxylation sites is 1. The molecule has 10 nitrogen and oxygen atoms in total. The smallest absolute Gasteiger partial charge is 0.342 e. The molecule has 1 aromatic carbocycles. The van der Waals surface area contributed by atoms with Gasteiger partial charge in [0.1, 0.15) is 11.8 Å². The number of ether oxygens (including phenoxy) is 1. The standard InChI is InChI=1S/C15H17N3O7S/c1-26(23,24)17-7-10-12(14(20)18(10)13(17)15(21)22)16-11(19)8-25-9-5-3-2-4-6-9/h2-6,10,12-13H,7-8H2,1H3,(H,16,19)(H,21,22)/t10?,12-,13?/m1/s1. The first-order valence-electron chi connectivity index (χ1n) is 7.69. The third-order valence-corrected chi connectivity index (χ3v) is 5.44. The molecule has 2 aliphatic heterocycles. The fourth-order valence-electron chi connectivity index (χ4n) is 3.08. The Bertz CT molecular complexity index is 842. The number of sulfonamides is 1. The molecule has 0 saturated carbocycles. The number of hydrogen-bond donors (Lipinski definition) is 2. The van der Waals surface area contributed by atoms with Crippen LogP contribution in [0.2, 0.25) is 0 Å². The molecule has 2 fully saturated rings. The Balaban J connectivity index is 1.64. The summed E-state index contributed by atoms with van der Waals surface area (Å²) in [5.41, 5.74) is 0. The Morgan fingerprint density at radius 1 is 1.31 bits per heavy atom. The van der Waals surface area contributed by atoms with E-state index in [-0.39, 0.29) is 13.2 Å². The topological polar surface area (TPSA) is 133 Å². The van der Waals surface area contributed by atoms with Crippen molar-refractivity contribution in [3.05, 3.63) is 30.3 Å². The Morgan fingerprint density at radius 2 is 1.96 bits per heavy atom. The van der Waals surface area contributed by atoms with E-state index < -0.39 is 46.1 Å². The van der Waals surface area contributed by atoms with Crippen LogP contribution in [0, 0.1) is 0 Å². The van der Waals surface area contributed by atoms with Crippen molar-refractivity contribution in [3.8, 4) is 5.75 Å². The van der Waals surface area contributed by atoms with Crippen molar-refractivity contribution in [2.24, 2.45) is 0 Å². The van der Waals surface area contributed by atoms with E-state index in [1.165, 1.54) is 0 Å². The minimum atomic E-state index is -3.82. The van der Waals surface area contributed by atoms with Gasteiger partial charge < -0.3 is 20.1 Å². The molecule has 2 amide bonds. The van der Waals surface area contributed by atoms with Crippen LogP contribution in [0.1, 0.15) is 0 Å². The summed E-state index contributed by atoms with van der Waals surface area (Å²) >= 11 is 0. The minimum Gasteiger partial charge on any atom is -0.484 e. The van der Waals surface area contributed by atoms with Gasteiger partial charge in [-0.25, -0.2) is 13.2 Å². The SMILES string of the molecule is CS(=O)(=O)N1CC2[C@@H](NC(=O)COc3ccccc3)C(=O)N2C1C(=O)O. The van der Waals surface area contributed by atoms with E-state index in [4.69, 9.17) is 4.74 Å². The third kappa shape index (κ3) is 3.22. The maximum Gasteiger partial charge on any atom is 0.342 e. The molecule has 2 unspecified atom stereocenters. The second-order valence-electron chi connectivity index (χ2n) is 6.00. The van der Waals surface area contributed by atoms with Crippen LogP contribution in [0.15, 0.2) is 30.3 Å². The molecule has 0 aliphatic carbocycles. The van der Waals surface area contributed by atoms with Crippen molar-refractivity contribution in [3.63, 3.8) is 0 Å². The van der Waals surface area contributed by atoms with Crippen molar-refractivity contribution >= 4 is 27.8 Å². The van der Waals surface area contributed by atoms with Gasteiger partial charge in [0.15, 0.2) is 12.8 Å². The summed E-state index contributed by atoms with van der Waals surface area (Å²) < 4.78 is 29.6. The van der Waals surface area contributed by atoms with Crippen LogP contribution in [0.4, 0.5) is 0 Å². The van der Waals surface area contributed by atoms with E-state index in [0.29, 0.717) is 5.75 Å². The predicted octanol–water partition coefficient (Wildman–Crippen LogP) is -1.55. The first kappa shape index (κ1) is 18.1. The number of aliphatic carboxylic acids is 1. The molecule has 0 radical (unpaired) electrons. The van der Waals surface area contributed by atoms with Crippen LogP contribution < -0.4 is 10.1 Å². The van der Waals surface area contributed by atoms with Crippen molar-refractivity contribution in [2.75, 3.05) is 19.4 Å². The fraction of sp³-hybridized carbons (Fsp3) is 0.400. The normalized spacial score (nSPS) is 25.3. The monoisotopic (exact) mass is 383 g/mol.